The van der Waals surface area contributed by atoms with Crippen molar-refractivity contribution >= 4 is 5.69 Å². The predicted octanol–water partition coefficient (Wildman–Crippen LogP) is 3.01. The lowest BCUT2D eigenvalue weighted by atomic mass is 10.1. The van der Waals surface area contributed by atoms with Gasteiger partial charge >= 0.3 is 0 Å². The summed E-state index contributed by atoms with van der Waals surface area (Å²) in [4.78, 5) is 4.04. The number of aryl methyl sites for hydroxylation is 1. The minimum Gasteiger partial charge on any atom is -0.381 e. The highest BCUT2D eigenvalue weighted by molar-refractivity contribution is 5.50. The summed E-state index contributed by atoms with van der Waals surface area (Å²) in [7, 11) is 0. The van der Waals surface area contributed by atoms with E-state index in [0.29, 0.717) is 17.8 Å². The van der Waals surface area contributed by atoms with Crippen LogP contribution >= 0.6 is 0 Å². The molecule has 0 aliphatic rings. The van der Waals surface area contributed by atoms with Crippen LogP contribution in [0.4, 0.5) is 10.1 Å². The largest absolute Gasteiger partial charge is 0.381 e. The number of aromatic nitrogens is 1. The number of anilines is 1. The number of nitrogens with one attached hydrogen (secondary N) is 1. The molecule has 1 aromatic heterocycles. The van der Waals surface area contributed by atoms with Gasteiger partial charge in [0.15, 0.2) is 0 Å². The van der Waals surface area contributed by atoms with Crippen LogP contribution in [0.1, 0.15) is 16.7 Å². The highest BCUT2D eigenvalue weighted by Gasteiger charge is 2.02. The summed E-state index contributed by atoms with van der Waals surface area (Å²) in [6.45, 7) is 2.54. The number of hydrogen-bond donors (Lipinski definition) is 1. The normalized spacial score (nSPS) is 9.83. The Morgan fingerprint density at radius 2 is 2.22 bits per heavy atom. The van der Waals surface area contributed by atoms with Gasteiger partial charge in [0.25, 0.3) is 0 Å². The molecule has 0 aliphatic heterocycles. The molecule has 1 N–H and O–H groups in total. The Morgan fingerprint density at radius 1 is 1.39 bits per heavy atom. The minimum atomic E-state index is -0.417. The molecule has 1 aromatic carbocycles. The van der Waals surface area contributed by atoms with E-state index in [1.165, 1.54) is 12.1 Å². The Hall–Kier alpha value is -2.41. The van der Waals surface area contributed by atoms with E-state index in [-0.39, 0.29) is 0 Å². The van der Waals surface area contributed by atoms with Crippen LogP contribution in [0.2, 0.25) is 0 Å². The van der Waals surface area contributed by atoms with Crippen LogP contribution < -0.4 is 5.32 Å². The van der Waals surface area contributed by atoms with Crippen molar-refractivity contribution in [3.63, 3.8) is 0 Å². The summed E-state index contributed by atoms with van der Waals surface area (Å²) in [5.74, 6) is -0.417. The van der Waals surface area contributed by atoms with Crippen molar-refractivity contribution in [2.45, 2.75) is 13.5 Å². The monoisotopic (exact) mass is 241 g/mol. The molecule has 0 radical (unpaired) electrons. The van der Waals surface area contributed by atoms with Crippen LogP contribution in [0.3, 0.4) is 0 Å². The maximum absolute atomic E-state index is 13.2. The predicted molar refractivity (Wildman–Crippen MR) is 67.4 cm³/mol. The fourth-order valence-corrected chi connectivity index (χ4v) is 1.64. The van der Waals surface area contributed by atoms with Crippen LogP contribution in [0.25, 0.3) is 0 Å². The maximum atomic E-state index is 13.2. The van der Waals surface area contributed by atoms with Crippen molar-refractivity contribution in [1.82, 2.24) is 4.98 Å². The number of hydrogen-bond acceptors (Lipinski definition) is 3. The number of nitriles is 1. The van der Waals surface area contributed by atoms with Gasteiger partial charge in [-0.25, -0.2) is 4.39 Å². The summed E-state index contributed by atoms with van der Waals surface area (Å²) in [6.07, 6.45) is 3.50. The molecule has 18 heavy (non-hydrogen) atoms. The highest BCUT2D eigenvalue weighted by atomic mass is 19.1. The second-order valence-electron chi connectivity index (χ2n) is 4.00. The van der Waals surface area contributed by atoms with E-state index in [4.69, 9.17) is 5.26 Å². The fraction of sp³-hybridized carbons (Fsp3) is 0.143. The maximum Gasteiger partial charge on any atom is 0.126 e. The molecular formula is C14H12FN3. The second-order valence-corrected chi connectivity index (χ2v) is 4.00. The molecule has 0 fully saturated rings. The summed E-state index contributed by atoms with van der Waals surface area (Å²) in [6, 6.07) is 8.04. The van der Waals surface area contributed by atoms with Gasteiger partial charge in [0.1, 0.15) is 5.82 Å². The van der Waals surface area contributed by atoms with Crippen molar-refractivity contribution in [3.05, 3.63) is 59.2 Å². The number of nitrogens with zero attached hydrogens (tertiary/aromatic N) is 2. The molecule has 0 bridgehead atoms. The van der Waals surface area contributed by atoms with Gasteiger partial charge in [-0.2, -0.15) is 5.26 Å². The van der Waals surface area contributed by atoms with E-state index < -0.39 is 5.82 Å². The average Bonchev–Trinajstić information content (AvgIpc) is 2.37. The smallest absolute Gasteiger partial charge is 0.126 e. The topological polar surface area (TPSA) is 48.7 Å². The van der Waals surface area contributed by atoms with Gasteiger partial charge in [-0.05, 0) is 42.3 Å². The van der Waals surface area contributed by atoms with E-state index in [1.54, 1.807) is 18.5 Å². The lowest BCUT2D eigenvalue weighted by Crippen LogP contribution is -2.02. The van der Waals surface area contributed by atoms with Crippen LogP contribution in [0.5, 0.6) is 0 Å². The molecule has 0 aliphatic carbocycles. The molecule has 0 spiro atoms. The lowest BCUT2D eigenvalue weighted by molar-refractivity contribution is 0.627. The summed E-state index contributed by atoms with van der Waals surface area (Å²) >= 11 is 0. The average molecular weight is 241 g/mol. The third-order valence-corrected chi connectivity index (χ3v) is 2.66. The number of rotatable bonds is 3. The quantitative estimate of drug-likeness (QED) is 0.898. The minimum absolute atomic E-state index is 0.306. The molecular weight excluding hydrogens is 229 g/mol. The molecule has 3 nitrogen and oxygen atoms in total. The van der Waals surface area contributed by atoms with Gasteiger partial charge in [-0.15, -0.1) is 0 Å². The van der Waals surface area contributed by atoms with Gasteiger partial charge in [0.05, 0.1) is 11.6 Å². The standard InChI is InChI=1S/C14H12FN3/c1-10-2-3-17-8-12(10)9-18-14-5-11(7-16)4-13(15)6-14/h2-6,8,18H,9H2,1H3. The Morgan fingerprint density at radius 3 is 2.94 bits per heavy atom. The van der Waals surface area contributed by atoms with Gasteiger partial charge in [0, 0.05) is 24.6 Å². The number of benzene rings is 1. The van der Waals surface area contributed by atoms with Crippen LogP contribution in [0, 0.1) is 24.1 Å². The molecule has 90 valence electrons. The third-order valence-electron chi connectivity index (χ3n) is 2.66. The van der Waals surface area contributed by atoms with Crippen molar-refractivity contribution < 1.29 is 4.39 Å². The van der Waals surface area contributed by atoms with Gasteiger partial charge < -0.3 is 5.32 Å². The Bertz CT molecular complexity index is 602. The van der Waals surface area contributed by atoms with Crippen LogP contribution in [-0.4, -0.2) is 4.98 Å². The highest BCUT2D eigenvalue weighted by Crippen LogP contribution is 2.15. The van der Waals surface area contributed by atoms with Crippen molar-refractivity contribution in [2.24, 2.45) is 0 Å². The van der Waals surface area contributed by atoms with E-state index in [1.807, 2.05) is 19.1 Å². The molecule has 0 saturated carbocycles. The second kappa shape index (κ2) is 5.28. The zero-order valence-corrected chi connectivity index (χ0v) is 9.94. The first-order chi connectivity index (χ1) is 8.69. The van der Waals surface area contributed by atoms with E-state index in [9.17, 15) is 4.39 Å². The molecule has 0 amide bonds. The Balaban J connectivity index is 2.14. The summed E-state index contributed by atoms with van der Waals surface area (Å²) in [5.41, 5.74) is 3.06. The molecule has 1 heterocycles. The Kier molecular flexibility index (Phi) is 3.54. The molecule has 2 aromatic rings. The first-order valence-electron chi connectivity index (χ1n) is 5.53. The molecule has 0 saturated heterocycles. The third kappa shape index (κ3) is 2.83. The van der Waals surface area contributed by atoms with Crippen molar-refractivity contribution in [1.29, 1.82) is 5.26 Å². The van der Waals surface area contributed by atoms with Crippen molar-refractivity contribution in [3.8, 4) is 6.07 Å². The first-order valence-corrected chi connectivity index (χ1v) is 5.53. The summed E-state index contributed by atoms with van der Waals surface area (Å²) < 4.78 is 13.2. The molecule has 4 heteroatoms. The molecule has 0 atom stereocenters. The Labute approximate surface area is 105 Å². The van der Waals surface area contributed by atoms with Crippen molar-refractivity contribution in [2.75, 3.05) is 5.32 Å². The molecule has 2 rings (SSSR count). The SMILES string of the molecule is Cc1ccncc1CNc1cc(F)cc(C#N)c1. The lowest BCUT2D eigenvalue weighted by Gasteiger charge is -2.08. The van der Waals surface area contributed by atoms with Gasteiger partial charge in [-0.3, -0.25) is 4.98 Å². The zero-order chi connectivity index (χ0) is 13.0. The number of halogens is 1. The number of pyridine rings is 1. The fourth-order valence-electron chi connectivity index (χ4n) is 1.64. The van der Waals surface area contributed by atoms with E-state index in [0.717, 1.165) is 11.1 Å². The van der Waals surface area contributed by atoms with Gasteiger partial charge in [0.2, 0.25) is 0 Å². The zero-order valence-electron chi connectivity index (χ0n) is 9.94. The molecule has 0 unspecified atom stereocenters. The van der Waals surface area contributed by atoms with E-state index >= 15 is 0 Å². The van der Waals surface area contributed by atoms with Gasteiger partial charge in [-0.1, -0.05) is 0 Å². The first kappa shape index (κ1) is 12.1. The van der Waals surface area contributed by atoms with Crippen LogP contribution in [0.15, 0.2) is 36.7 Å². The van der Waals surface area contributed by atoms with Crippen LogP contribution in [-0.2, 0) is 6.54 Å². The summed E-state index contributed by atoms with van der Waals surface area (Å²) in [5, 5.41) is 11.8. The van der Waals surface area contributed by atoms with E-state index in [2.05, 4.69) is 10.3 Å².